The number of benzene rings is 2. The first-order chi connectivity index (χ1) is 16.0. The second-order valence-corrected chi connectivity index (χ2v) is 8.06. The zero-order valence-corrected chi connectivity index (χ0v) is 19.6. The fourth-order valence-corrected chi connectivity index (χ4v) is 3.77. The number of hydrogen-bond acceptors (Lipinski definition) is 7. The van der Waals surface area contributed by atoms with Crippen molar-refractivity contribution in [3.8, 4) is 22.1 Å². The third-order valence-corrected chi connectivity index (χ3v) is 5.63. The standard InChI is InChI=1S/C23H27N5O4S/c1-4-14-28(23(30)24-17-7-11-19(32-3)12-8-17)15-13-20(29)25-22-27-26-21(33-22)16-5-9-18(31-2)10-6-16/h5-12H,4,13-15H2,1-3H3,(H,24,30)(H,25,27,29). The van der Waals surface area contributed by atoms with Gasteiger partial charge in [-0.1, -0.05) is 18.3 Å². The van der Waals surface area contributed by atoms with Crippen LogP contribution in [0.2, 0.25) is 0 Å². The summed E-state index contributed by atoms with van der Waals surface area (Å²) in [6, 6.07) is 14.3. The highest BCUT2D eigenvalue weighted by atomic mass is 32.1. The van der Waals surface area contributed by atoms with Crippen molar-refractivity contribution in [3.63, 3.8) is 0 Å². The number of ether oxygens (including phenoxy) is 2. The molecule has 9 nitrogen and oxygen atoms in total. The summed E-state index contributed by atoms with van der Waals surface area (Å²) in [6.07, 6.45) is 0.923. The number of amides is 3. The minimum atomic E-state index is -0.257. The van der Waals surface area contributed by atoms with E-state index in [0.717, 1.165) is 17.7 Å². The molecule has 0 spiro atoms. The summed E-state index contributed by atoms with van der Waals surface area (Å²) >= 11 is 1.29. The van der Waals surface area contributed by atoms with Crippen LogP contribution < -0.4 is 20.1 Å². The summed E-state index contributed by atoms with van der Waals surface area (Å²) in [4.78, 5) is 26.7. The van der Waals surface area contributed by atoms with E-state index in [-0.39, 0.29) is 24.9 Å². The van der Waals surface area contributed by atoms with Gasteiger partial charge in [-0.05, 0) is 55.0 Å². The van der Waals surface area contributed by atoms with Gasteiger partial charge in [0.15, 0.2) is 0 Å². The molecule has 3 amide bonds. The minimum absolute atomic E-state index is 0.146. The van der Waals surface area contributed by atoms with Crippen LogP contribution in [0.5, 0.6) is 11.5 Å². The lowest BCUT2D eigenvalue weighted by Crippen LogP contribution is -2.37. The minimum Gasteiger partial charge on any atom is -0.497 e. The van der Waals surface area contributed by atoms with Gasteiger partial charge in [0.1, 0.15) is 16.5 Å². The number of hydrogen-bond donors (Lipinski definition) is 2. The normalized spacial score (nSPS) is 10.4. The molecular weight excluding hydrogens is 442 g/mol. The molecule has 0 saturated carbocycles. The highest BCUT2D eigenvalue weighted by Gasteiger charge is 2.16. The molecule has 0 saturated heterocycles. The number of rotatable bonds is 10. The Labute approximate surface area is 196 Å². The van der Waals surface area contributed by atoms with E-state index < -0.39 is 0 Å². The molecule has 10 heteroatoms. The number of aromatic nitrogens is 2. The maximum Gasteiger partial charge on any atom is 0.321 e. The molecule has 3 aromatic rings. The summed E-state index contributed by atoms with van der Waals surface area (Å²) in [5.74, 6) is 1.23. The topological polar surface area (TPSA) is 106 Å². The van der Waals surface area contributed by atoms with E-state index in [2.05, 4.69) is 20.8 Å². The molecule has 0 radical (unpaired) electrons. The summed E-state index contributed by atoms with van der Waals surface area (Å²) in [5, 5.41) is 14.9. The van der Waals surface area contributed by atoms with Crippen LogP contribution in [0.25, 0.3) is 10.6 Å². The predicted octanol–water partition coefficient (Wildman–Crippen LogP) is 4.50. The monoisotopic (exact) mass is 469 g/mol. The molecule has 0 aliphatic rings. The molecule has 2 aromatic carbocycles. The van der Waals surface area contributed by atoms with E-state index in [1.807, 2.05) is 31.2 Å². The Kier molecular flexibility index (Phi) is 8.59. The molecule has 3 rings (SSSR count). The number of carbonyl (C=O) groups excluding carboxylic acids is 2. The summed E-state index contributed by atoms with van der Waals surface area (Å²) in [7, 11) is 3.20. The molecule has 33 heavy (non-hydrogen) atoms. The van der Waals surface area contributed by atoms with E-state index >= 15 is 0 Å². The van der Waals surface area contributed by atoms with Crippen LogP contribution in [0.15, 0.2) is 48.5 Å². The Bertz CT molecular complexity index is 1050. The van der Waals surface area contributed by atoms with Crippen molar-refractivity contribution in [1.29, 1.82) is 0 Å². The highest BCUT2D eigenvalue weighted by Crippen LogP contribution is 2.27. The van der Waals surface area contributed by atoms with E-state index in [4.69, 9.17) is 9.47 Å². The van der Waals surface area contributed by atoms with Gasteiger partial charge >= 0.3 is 6.03 Å². The Morgan fingerprint density at radius 1 is 0.909 bits per heavy atom. The van der Waals surface area contributed by atoms with Crippen molar-refractivity contribution >= 4 is 34.1 Å². The zero-order chi connectivity index (χ0) is 23.6. The third kappa shape index (κ3) is 6.91. The van der Waals surface area contributed by atoms with E-state index in [0.29, 0.717) is 28.1 Å². The number of anilines is 2. The number of carbonyl (C=O) groups is 2. The van der Waals surface area contributed by atoms with E-state index in [1.165, 1.54) is 11.3 Å². The molecule has 0 fully saturated rings. The zero-order valence-electron chi connectivity index (χ0n) is 18.8. The van der Waals surface area contributed by atoms with Crippen LogP contribution in [0.1, 0.15) is 19.8 Å². The van der Waals surface area contributed by atoms with Gasteiger partial charge in [-0.3, -0.25) is 4.79 Å². The first kappa shape index (κ1) is 24.0. The smallest absolute Gasteiger partial charge is 0.321 e. The molecule has 1 aromatic heterocycles. The number of methoxy groups -OCH3 is 2. The Balaban J connectivity index is 1.52. The van der Waals surface area contributed by atoms with Gasteiger partial charge in [0.2, 0.25) is 11.0 Å². The van der Waals surface area contributed by atoms with Gasteiger partial charge in [-0.25, -0.2) is 4.79 Å². The van der Waals surface area contributed by atoms with Gasteiger partial charge in [0, 0.05) is 30.8 Å². The molecule has 174 valence electrons. The molecule has 0 unspecified atom stereocenters. The Hall–Kier alpha value is -3.66. The van der Waals surface area contributed by atoms with Gasteiger partial charge in [0.25, 0.3) is 0 Å². The number of nitrogens with one attached hydrogen (secondary N) is 2. The SMILES string of the molecule is CCCN(CCC(=O)Nc1nnc(-c2ccc(OC)cc2)s1)C(=O)Nc1ccc(OC)cc1. The summed E-state index contributed by atoms with van der Waals surface area (Å²) in [5.41, 5.74) is 1.55. The molecule has 1 heterocycles. The third-order valence-electron chi connectivity index (χ3n) is 4.74. The van der Waals surface area contributed by atoms with E-state index in [1.54, 1.807) is 43.4 Å². The molecule has 0 bridgehead atoms. The predicted molar refractivity (Wildman–Crippen MR) is 129 cm³/mol. The second kappa shape index (κ2) is 11.8. The van der Waals surface area contributed by atoms with Crippen LogP contribution >= 0.6 is 11.3 Å². The molecule has 0 aliphatic carbocycles. The fourth-order valence-electron chi connectivity index (χ4n) is 3.00. The maximum atomic E-state index is 12.7. The molecular formula is C23H27N5O4S. The van der Waals surface area contributed by atoms with Crippen LogP contribution in [0.4, 0.5) is 15.6 Å². The van der Waals surface area contributed by atoms with Crippen molar-refractivity contribution in [2.75, 3.05) is 37.9 Å². The fraction of sp³-hybridized carbons (Fsp3) is 0.304. The highest BCUT2D eigenvalue weighted by molar-refractivity contribution is 7.18. The summed E-state index contributed by atoms with van der Waals surface area (Å²) < 4.78 is 10.3. The lowest BCUT2D eigenvalue weighted by Gasteiger charge is -2.22. The van der Waals surface area contributed by atoms with Crippen LogP contribution in [-0.2, 0) is 4.79 Å². The quantitative estimate of drug-likeness (QED) is 0.453. The van der Waals surface area contributed by atoms with Gasteiger partial charge in [0.05, 0.1) is 14.2 Å². The van der Waals surface area contributed by atoms with Crippen molar-refractivity contribution in [2.24, 2.45) is 0 Å². The second-order valence-electron chi connectivity index (χ2n) is 7.08. The van der Waals surface area contributed by atoms with Crippen molar-refractivity contribution in [3.05, 3.63) is 48.5 Å². The molecule has 2 N–H and O–H groups in total. The van der Waals surface area contributed by atoms with Crippen molar-refractivity contribution in [2.45, 2.75) is 19.8 Å². The van der Waals surface area contributed by atoms with Crippen LogP contribution in [0.3, 0.4) is 0 Å². The van der Waals surface area contributed by atoms with Gasteiger partial charge < -0.3 is 25.0 Å². The van der Waals surface area contributed by atoms with Crippen LogP contribution in [-0.4, -0.2) is 54.3 Å². The number of urea groups is 1. The summed E-state index contributed by atoms with van der Waals surface area (Å²) in [6.45, 7) is 2.80. The largest absolute Gasteiger partial charge is 0.497 e. The first-order valence-electron chi connectivity index (χ1n) is 10.5. The van der Waals surface area contributed by atoms with Gasteiger partial charge in [-0.2, -0.15) is 0 Å². The average molecular weight is 470 g/mol. The van der Waals surface area contributed by atoms with E-state index in [9.17, 15) is 9.59 Å². The van der Waals surface area contributed by atoms with Crippen molar-refractivity contribution < 1.29 is 19.1 Å². The lowest BCUT2D eigenvalue weighted by molar-refractivity contribution is -0.116. The maximum absolute atomic E-state index is 12.7. The average Bonchev–Trinajstić information content (AvgIpc) is 3.30. The number of nitrogens with zero attached hydrogens (tertiary/aromatic N) is 3. The lowest BCUT2D eigenvalue weighted by atomic mass is 10.2. The first-order valence-corrected chi connectivity index (χ1v) is 11.3. The Morgan fingerprint density at radius 2 is 1.55 bits per heavy atom. The van der Waals surface area contributed by atoms with Crippen LogP contribution in [0, 0.1) is 0 Å². The molecule has 0 atom stereocenters. The molecule has 0 aliphatic heterocycles. The van der Waals surface area contributed by atoms with Gasteiger partial charge in [-0.15, -0.1) is 10.2 Å². The van der Waals surface area contributed by atoms with Crippen molar-refractivity contribution in [1.82, 2.24) is 15.1 Å². The Morgan fingerprint density at radius 3 is 2.15 bits per heavy atom.